The van der Waals surface area contributed by atoms with Crippen LogP contribution in [-0.4, -0.2) is 23.9 Å². The molecule has 0 unspecified atom stereocenters. The molecule has 0 fully saturated rings. The van der Waals surface area contributed by atoms with Crippen molar-refractivity contribution in [3.05, 3.63) is 54.1 Å². The lowest BCUT2D eigenvalue weighted by atomic mass is 9.99. The van der Waals surface area contributed by atoms with E-state index in [4.69, 9.17) is 4.74 Å². The second-order valence-electron chi connectivity index (χ2n) is 4.68. The molecule has 0 amide bonds. The van der Waals surface area contributed by atoms with Crippen molar-refractivity contribution in [3.63, 3.8) is 0 Å². The lowest BCUT2D eigenvalue weighted by molar-refractivity contribution is -0.133. The van der Waals surface area contributed by atoms with Crippen LogP contribution >= 0.6 is 11.8 Å². The highest BCUT2D eigenvalue weighted by atomic mass is 32.2. The second-order valence-corrected chi connectivity index (χ2v) is 5.56. The van der Waals surface area contributed by atoms with Crippen LogP contribution in [0.15, 0.2) is 53.4 Å². The summed E-state index contributed by atoms with van der Waals surface area (Å²) in [6, 6.07) is 13.2. The van der Waals surface area contributed by atoms with Crippen LogP contribution in [0, 0.1) is 0 Å². The maximum atomic E-state index is 11.5. The van der Waals surface area contributed by atoms with Gasteiger partial charge < -0.3 is 9.84 Å². The van der Waals surface area contributed by atoms with Gasteiger partial charge in [0.2, 0.25) is 0 Å². The van der Waals surface area contributed by atoms with Crippen LogP contribution in [-0.2, 0) is 9.53 Å². The highest BCUT2D eigenvalue weighted by Gasteiger charge is 2.19. The van der Waals surface area contributed by atoms with E-state index in [1.54, 1.807) is 23.9 Å². The van der Waals surface area contributed by atoms with E-state index in [1.807, 2.05) is 42.7 Å². The fourth-order valence-electron chi connectivity index (χ4n) is 2.31. The number of rotatable bonds is 3. The van der Waals surface area contributed by atoms with E-state index in [0.29, 0.717) is 17.7 Å². The van der Waals surface area contributed by atoms with Crippen LogP contribution < -0.4 is 0 Å². The molecular formula is C17H14O3S. The third-order valence-corrected chi connectivity index (χ3v) is 4.18. The number of cyclic esters (lactones) is 1. The van der Waals surface area contributed by atoms with Crippen LogP contribution in [0.2, 0.25) is 0 Å². The van der Waals surface area contributed by atoms with Crippen molar-refractivity contribution in [2.45, 2.75) is 4.90 Å². The molecular weight excluding hydrogens is 284 g/mol. The summed E-state index contributed by atoms with van der Waals surface area (Å²) in [4.78, 5) is 12.7. The van der Waals surface area contributed by atoms with Gasteiger partial charge in [-0.15, -0.1) is 11.8 Å². The molecule has 0 aliphatic carbocycles. The molecule has 21 heavy (non-hydrogen) atoms. The maximum absolute atomic E-state index is 11.5. The third-order valence-electron chi connectivity index (χ3n) is 3.43. The number of benzene rings is 2. The quantitative estimate of drug-likeness (QED) is 0.693. The predicted molar refractivity (Wildman–Crippen MR) is 84.3 cm³/mol. The Balaban J connectivity index is 1.95. The molecule has 3 rings (SSSR count). The standard InChI is InChI=1S/C17H14O3S/c1-21-13-5-2-11(3-6-13)14-7-4-12(10-16(14)18)15-8-9-20-17(15)19/h2-8,10,18H,9H2,1H3. The lowest BCUT2D eigenvalue weighted by Gasteiger charge is -2.08. The molecule has 1 N–H and O–H groups in total. The molecule has 2 aromatic rings. The van der Waals surface area contributed by atoms with Crippen molar-refractivity contribution in [2.75, 3.05) is 12.9 Å². The van der Waals surface area contributed by atoms with Crippen molar-refractivity contribution in [2.24, 2.45) is 0 Å². The Morgan fingerprint density at radius 2 is 1.81 bits per heavy atom. The molecule has 1 heterocycles. The summed E-state index contributed by atoms with van der Waals surface area (Å²) >= 11 is 1.68. The zero-order valence-corrected chi connectivity index (χ0v) is 12.3. The molecule has 0 spiro atoms. The smallest absolute Gasteiger partial charge is 0.338 e. The van der Waals surface area contributed by atoms with Gasteiger partial charge in [-0.3, -0.25) is 0 Å². The minimum atomic E-state index is -0.341. The molecule has 3 nitrogen and oxygen atoms in total. The second kappa shape index (κ2) is 5.66. The number of phenolic OH excluding ortho intramolecular Hbond substituents is 1. The van der Waals surface area contributed by atoms with E-state index in [9.17, 15) is 9.90 Å². The minimum Gasteiger partial charge on any atom is -0.507 e. The van der Waals surface area contributed by atoms with Crippen molar-refractivity contribution in [1.82, 2.24) is 0 Å². The SMILES string of the molecule is CSc1ccc(-c2ccc(C3=CCOC3=O)cc2O)cc1. The molecule has 0 radical (unpaired) electrons. The number of hydrogen-bond donors (Lipinski definition) is 1. The van der Waals surface area contributed by atoms with Gasteiger partial charge in [0.15, 0.2) is 0 Å². The average molecular weight is 298 g/mol. The highest BCUT2D eigenvalue weighted by Crippen LogP contribution is 2.33. The van der Waals surface area contributed by atoms with Gasteiger partial charge in [-0.05, 0) is 41.7 Å². The van der Waals surface area contributed by atoms with Gasteiger partial charge in [-0.1, -0.05) is 24.3 Å². The largest absolute Gasteiger partial charge is 0.507 e. The summed E-state index contributed by atoms with van der Waals surface area (Å²) in [7, 11) is 0. The summed E-state index contributed by atoms with van der Waals surface area (Å²) in [6.45, 7) is 0.298. The number of phenols is 1. The Morgan fingerprint density at radius 1 is 1.10 bits per heavy atom. The lowest BCUT2D eigenvalue weighted by Crippen LogP contribution is -1.98. The van der Waals surface area contributed by atoms with E-state index in [0.717, 1.165) is 11.1 Å². The number of ether oxygens (including phenoxy) is 1. The van der Waals surface area contributed by atoms with Crippen molar-refractivity contribution in [3.8, 4) is 16.9 Å². The Kier molecular flexibility index (Phi) is 3.71. The first-order chi connectivity index (χ1) is 10.2. The molecule has 0 saturated carbocycles. The van der Waals surface area contributed by atoms with Crippen LogP contribution in [0.5, 0.6) is 5.75 Å². The fourth-order valence-corrected chi connectivity index (χ4v) is 2.72. The third kappa shape index (κ3) is 2.67. The highest BCUT2D eigenvalue weighted by molar-refractivity contribution is 7.98. The van der Waals surface area contributed by atoms with E-state index in [1.165, 1.54) is 4.90 Å². The van der Waals surface area contributed by atoms with Gasteiger partial charge in [0, 0.05) is 10.5 Å². The average Bonchev–Trinajstić information content (AvgIpc) is 2.93. The van der Waals surface area contributed by atoms with Crippen molar-refractivity contribution in [1.29, 1.82) is 0 Å². The van der Waals surface area contributed by atoms with Gasteiger partial charge in [0.05, 0.1) is 5.57 Å². The minimum absolute atomic E-state index is 0.157. The number of carbonyl (C=O) groups is 1. The first-order valence-electron chi connectivity index (χ1n) is 6.54. The van der Waals surface area contributed by atoms with Gasteiger partial charge in [0.25, 0.3) is 0 Å². The van der Waals surface area contributed by atoms with Gasteiger partial charge in [-0.25, -0.2) is 4.79 Å². The normalized spacial score (nSPS) is 14.0. The number of thioether (sulfide) groups is 1. The monoisotopic (exact) mass is 298 g/mol. The van der Waals surface area contributed by atoms with E-state index in [-0.39, 0.29) is 11.7 Å². The first kappa shape index (κ1) is 13.8. The predicted octanol–water partition coefficient (Wildman–Crippen LogP) is 3.72. The maximum Gasteiger partial charge on any atom is 0.338 e. The zero-order chi connectivity index (χ0) is 14.8. The van der Waals surface area contributed by atoms with Crippen molar-refractivity contribution >= 4 is 23.3 Å². The van der Waals surface area contributed by atoms with Gasteiger partial charge >= 0.3 is 5.97 Å². The first-order valence-corrected chi connectivity index (χ1v) is 7.76. The number of hydrogen-bond acceptors (Lipinski definition) is 4. The van der Waals surface area contributed by atoms with Gasteiger partial charge in [-0.2, -0.15) is 0 Å². The molecule has 1 aliphatic heterocycles. The topological polar surface area (TPSA) is 46.5 Å². The van der Waals surface area contributed by atoms with Gasteiger partial charge in [0.1, 0.15) is 12.4 Å². The molecule has 1 aliphatic rings. The molecule has 0 atom stereocenters. The Morgan fingerprint density at radius 3 is 2.38 bits per heavy atom. The summed E-state index contributed by atoms with van der Waals surface area (Å²) in [5.74, 6) is -0.184. The molecule has 106 valence electrons. The number of carbonyl (C=O) groups excluding carboxylic acids is 1. The van der Waals surface area contributed by atoms with Crippen LogP contribution in [0.25, 0.3) is 16.7 Å². The number of esters is 1. The summed E-state index contributed by atoms with van der Waals surface area (Å²) in [6.07, 6.45) is 3.75. The molecule has 4 heteroatoms. The van der Waals surface area contributed by atoms with E-state index in [2.05, 4.69) is 0 Å². The Hall–Kier alpha value is -2.20. The van der Waals surface area contributed by atoms with Crippen LogP contribution in [0.4, 0.5) is 0 Å². The Labute approximate surface area is 127 Å². The van der Waals surface area contributed by atoms with E-state index < -0.39 is 0 Å². The summed E-state index contributed by atoms with van der Waals surface area (Å²) in [5, 5.41) is 10.2. The molecule has 0 bridgehead atoms. The van der Waals surface area contributed by atoms with E-state index >= 15 is 0 Å². The fraction of sp³-hybridized carbons (Fsp3) is 0.118. The van der Waals surface area contributed by atoms with Crippen molar-refractivity contribution < 1.29 is 14.6 Å². The zero-order valence-electron chi connectivity index (χ0n) is 11.5. The Bertz CT molecular complexity index is 717. The van der Waals surface area contributed by atoms with Crippen LogP contribution in [0.1, 0.15) is 5.56 Å². The molecule has 0 aromatic heterocycles. The molecule has 2 aromatic carbocycles. The molecule has 0 saturated heterocycles. The summed E-state index contributed by atoms with van der Waals surface area (Å²) < 4.78 is 4.88. The van der Waals surface area contributed by atoms with Crippen LogP contribution in [0.3, 0.4) is 0 Å². The number of aromatic hydroxyl groups is 1. The summed E-state index contributed by atoms with van der Waals surface area (Å²) in [5.41, 5.74) is 2.88.